The van der Waals surface area contributed by atoms with Crippen molar-refractivity contribution in [3.8, 4) is 0 Å². The lowest BCUT2D eigenvalue weighted by Gasteiger charge is -2.11. The lowest BCUT2D eigenvalue weighted by molar-refractivity contribution is 0.306. The molecule has 19 heavy (non-hydrogen) atoms. The molecule has 4 nitrogen and oxygen atoms in total. The zero-order chi connectivity index (χ0) is 13.2. The van der Waals surface area contributed by atoms with E-state index in [1.165, 1.54) is 6.07 Å². The summed E-state index contributed by atoms with van der Waals surface area (Å²) in [5.74, 6) is 0.458. The molecule has 0 fully saturated rings. The topological polar surface area (TPSA) is 56.7 Å². The van der Waals surface area contributed by atoms with Crippen molar-refractivity contribution in [3.63, 3.8) is 0 Å². The summed E-state index contributed by atoms with van der Waals surface area (Å²) in [4.78, 5) is 4.14. The molecule has 1 aromatic carbocycles. The molecular formula is C13H21FIN3O. The Balaban J connectivity index is 0.00000324. The zero-order valence-corrected chi connectivity index (χ0v) is 13.4. The Kier molecular flexibility index (Phi) is 10.5. The van der Waals surface area contributed by atoms with E-state index in [-0.39, 0.29) is 36.4 Å². The number of hydrogen-bond donors (Lipinski definition) is 3. The first-order chi connectivity index (χ1) is 8.77. The molecule has 6 heteroatoms. The number of rotatable bonds is 6. The summed E-state index contributed by atoms with van der Waals surface area (Å²) < 4.78 is 13.4. The molecule has 0 saturated heterocycles. The van der Waals surface area contributed by atoms with E-state index in [9.17, 15) is 4.39 Å². The fraction of sp³-hybridized carbons (Fsp3) is 0.462. The molecular weight excluding hydrogens is 360 g/mol. The minimum absolute atomic E-state index is 0. The molecule has 0 unspecified atom stereocenters. The third kappa shape index (κ3) is 7.31. The van der Waals surface area contributed by atoms with Crippen LogP contribution < -0.4 is 10.6 Å². The van der Waals surface area contributed by atoms with E-state index < -0.39 is 0 Å². The van der Waals surface area contributed by atoms with Gasteiger partial charge in [-0.2, -0.15) is 0 Å². The van der Waals surface area contributed by atoms with E-state index in [2.05, 4.69) is 15.6 Å². The fourth-order valence-corrected chi connectivity index (χ4v) is 1.52. The van der Waals surface area contributed by atoms with Gasteiger partial charge in [0.05, 0.1) is 13.2 Å². The minimum atomic E-state index is -0.184. The van der Waals surface area contributed by atoms with E-state index in [0.29, 0.717) is 31.0 Å². The van der Waals surface area contributed by atoms with E-state index >= 15 is 0 Å². The number of aliphatic hydroxyl groups excluding tert-OH is 1. The minimum Gasteiger partial charge on any atom is -0.394 e. The predicted molar refractivity (Wildman–Crippen MR) is 86.6 cm³/mol. The first-order valence-corrected chi connectivity index (χ1v) is 6.14. The molecule has 3 N–H and O–H groups in total. The fourth-order valence-electron chi connectivity index (χ4n) is 1.52. The van der Waals surface area contributed by atoms with Crippen LogP contribution in [-0.2, 0) is 6.42 Å². The Hall–Kier alpha value is -0.890. The van der Waals surface area contributed by atoms with Crippen LogP contribution in [0.15, 0.2) is 29.3 Å². The molecule has 0 aliphatic rings. The van der Waals surface area contributed by atoms with Crippen molar-refractivity contribution in [1.29, 1.82) is 0 Å². The normalized spacial score (nSPS) is 10.8. The summed E-state index contributed by atoms with van der Waals surface area (Å²) in [5, 5.41) is 14.9. The van der Waals surface area contributed by atoms with Crippen molar-refractivity contribution in [2.75, 3.05) is 26.2 Å². The molecule has 108 valence electrons. The van der Waals surface area contributed by atoms with Crippen LogP contribution in [-0.4, -0.2) is 37.3 Å². The highest BCUT2D eigenvalue weighted by atomic mass is 127. The maximum Gasteiger partial charge on any atom is 0.191 e. The molecule has 0 aromatic heterocycles. The largest absolute Gasteiger partial charge is 0.394 e. The average molecular weight is 381 g/mol. The van der Waals surface area contributed by atoms with Gasteiger partial charge in [0, 0.05) is 13.1 Å². The van der Waals surface area contributed by atoms with Crippen LogP contribution in [0.5, 0.6) is 0 Å². The Labute approximate surface area is 130 Å². The molecule has 0 bridgehead atoms. The maximum atomic E-state index is 13.4. The van der Waals surface area contributed by atoms with Crippen molar-refractivity contribution in [1.82, 2.24) is 10.6 Å². The Morgan fingerprint density at radius 3 is 2.68 bits per heavy atom. The van der Waals surface area contributed by atoms with Gasteiger partial charge in [-0.1, -0.05) is 18.2 Å². The highest BCUT2D eigenvalue weighted by Gasteiger charge is 2.01. The van der Waals surface area contributed by atoms with Gasteiger partial charge in [0.15, 0.2) is 5.96 Å². The van der Waals surface area contributed by atoms with E-state index in [1.807, 2.05) is 13.0 Å². The maximum absolute atomic E-state index is 13.4. The van der Waals surface area contributed by atoms with Crippen LogP contribution in [0.4, 0.5) is 4.39 Å². The third-order valence-corrected chi connectivity index (χ3v) is 2.36. The SMILES string of the molecule is CCNC(=NCCO)NCCc1ccccc1F.I. The van der Waals surface area contributed by atoms with E-state index in [1.54, 1.807) is 12.1 Å². The Bertz CT molecular complexity index is 388. The lowest BCUT2D eigenvalue weighted by atomic mass is 10.1. The van der Waals surface area contributed by atoms with Crippen LogP contribution in [0.3, 0.4) is 0 Å². The Morgan fingerprint density at radius 2 is 2.05 bits per heavy atom. The number of halogens is 2. The van der Waals surface area contributed by atoms with Crippen molar-refractivity contribution in [3.05, 3.63) is 35.6 Å². The van der Waals surface area contributed by atoms with E-state index in [4.69, 9.17) is 5.11 Å². The summed E-state index contributed by atoms with van der Waals surface area (Å²) >= 11 is 0. The van der Waals surface area contributed by atoms with Gasteiger partial charge < -0.3 is 15.7 Å². The number of aliphatic imine (C=N–C) groups is 1. The van der Waals surface area contributed by atoms with Gasteiger partial charge in [0.1, 0.15) is 5.82 Å². The first-order valence-electron chi connectivity index (χ1n) is 6.14. The number of nitrogens with one attached hydrogen (secondary N) is 2. The molecule has 0 amide bonds. The van der Waals surface area contributed by atoms with Crippen molar-refractivity contribution in [2.45, 2.75) is 13.3 Å². The standard InChI is InChI=1S/C13H20FN3O.HI/c1-2-15-13(17-9-10-18)16-8-7-11-5-3-4-6-12(11)14;/h3-6,18H,2,7-10H2,1H3,(H2,15,16,17);1H. The average Bonchev–Trinajstić information content (AvgIpc) is 2.38. The third-order valence-electron chi connectivity index (χ3n) is 2.36. The first kappa shape index (κ1) is 18.1. The van der Waals surface area contributed by atoms with Crippen LogP contribution in [0.25, 0.3) is 0 Å². The molecule has 1 aromatic rings. The van der Waals surface area contributed by atoms with Crippen molar-refractivity contribution in [2.24, 2.45) is 4.99 Å². The molecule has 0 aliphatic carbocycles. The quantitative estimate of drug-likeness (QED) is 0.398. The van der Waals surface area contributed by atoms with Crippen molar-refractivity contribution < 1.29 is 9.50 Å². The highest BCUT2D eigenvalue weighted by molar-refractivity contribution is 14.0. The summed E-state index contributed by atoms with van der Waals surface area (Å²) in [7, 11) is 0. The van der Waals surface area contributed by atoms with Gasteiger partial charge in [-0.25, -0.2) is 4.39 Å². The van der Waals surface area contributed by atoms with Gasteiger partial charge in [-0.15, -0.1) is 24.0 Å². The zero-order valence-electron chi connectivity index (χ0n) is 11.0. The monoisotopic (exact) mass is 381 g/mol. The molecule has 1 rings (SSSR count). The van der Waals surface area contributed by atoms with Crippen LogP contribution in [0.2, 0.25) is 0 Å². The number of nitrogens with zero attached hydrogens (tertiary/aromatic N) is 1. The molecule has 0 radical (unpaired) electrons. The van der Waals surface area contributed by atoms with Gasteiger partial charge in [0.2, 0.25) is 0 Å². The second-order valence-corrected chi connectivity index (χ2v) is 3.75. The van der Waals surface area contributed by atoms with Crippen molar-refractivity contribution >= 4 is 29.9 Å². The van der Waals surface area contributed by atoms with Gasteiger partial charge in [0.25, 0.3) is 0 Å². The van der Waals surface area contributed by atoms with Crippen LogP contribution in [0.1, 0.15) is 12.5 Å². The summed E-state index contributed by atoms with van der Waals surface area (Å²) in [6, 6.07) is 6.73. The number of guanidine groups is 1. The molecule has 0 atom stereocenters. The second-order valence-electron chi connectivity index (χ2n) is 3.75. The van der Waals surface area contributed by atoms with Crippen LogP contribution in [0, 0.1) is 5.82 Å². The molecule has 0 aliphatic heterocycles. The number of hydrogen-bond acceptors (Lipinski definition) is 2. The van der Waals surface area contributed by atoms with Crippen LogP contribution >= 0.6 is 24.0 Å². The molecule has 0 spiro atoms. The summed E-state index contributed by atoms with van der Waals surface area (Å²) in [6.45, 7) is 3.68. The number of aliphatic hydroxyl groups is 1. The van der Waals surface area contributed by atoms with Gasteiger partial charge in [-0.3, -0.25) is 4.99 Å². The Morgan fingerprint density at radius 1 is 1.32 bits per heavy atom. The smallest absolute Gasteiger partial charge is 0.191 e. The molecule has 0 saturated carbocycles. The number of benzene rings is 1. The second kappa shape index (κ2) is 11.0. The summed E-state index contributed by atoms with van der Waals surface area (Å²) in [5.41, 5.74) is 0.683. The summed E-state index contributed by atoms with van der Waals surface area (Å²) in [6.07, 6.45) is 0.593. The lowest BCUT2D eigenvalue weighted by Crippen LogP contribution is -2.38. The highest BCUT2D eigenvalue weighted by Crippen LogP contribution is 2.05. The molecule has 0 heterocycles. The predicted octanol–water partition coefficient (Wildman–Crippen LogP) is 1.53. The van der Waals surface area contributed by atoms with E-state index in [0.717, 1.165) is 6.54 Å². The van der Waals surface area contributed by atoms with Gasteiger partial charge >= 0.3 is 0 Å². The van der Waals surface area contributed by atoms with Gasteiger partial charge in [-0.05, 0) is 25.0 Å².